The molecule has 0 amide bonds. The van der Waals surface area contributed by atoms with Crippen molar-refractivity contribution in [2.75, 3.05) is 23.8 Å². The Balaban J connectivity index is 2.51. The molecule has 1 aromatic rings. The highest BCUT2D eigenvalue weighted by Gasteiger charge is 2.32. The van der Waals surface area contributed by atoms with Gasteiger partial charge < -0.3 is 15.7 Å². The third-order valence-corrected chi connectivity index (χ3v) is 3.10. The molecule has 2 rings (SSSR count). The number of hydrogen-bond donors (Lipinski definition) is 2. The molecule has 1 aliphatic rings. The first-order valence-electron chi connectivity index (χ1n) is 5.70. The summed E-state index contributed by atoms with van der Waals surface area (Å²) in [7, 11) is 0. The summed E-state index contributed by atoms with van der Waals surface area (Å²) >= 11 is 0. The van der Waals surface area contributed by atoms with Crippen LogP contribution in [0.15, 0.2) is 0 Å². The van der Waals surface area contributed by atoms with Gasteiger partial charge in [-0.3, -0.25) is 10.1 Å². The first kappa shape index (κ1) is 12.5. The van der Waals surface area contributed by atoms with Crippen molar-refractivity contribution in [2.24, 2.45) is 0 Å². The van der Waals surface area contributed by atoms with Gasteiger partial charge in [-0.15, -0.1) is 0 Å². The number of aliphatic hydroxyl groups excluding tert-OH is 1. The maximum absolute atomic E-state index is 11.1. The predicted molar refractivity (Wildman–Crippen MR) is 65.3 cm³/mol. The summed E-state index contributed by atoms with van der Waals surface area (Å²) in [6, 6.07) is -0.141. The third kappa shape index (κ3) is 2.06. The number of anilines is 2. The van der Waals surface area contributed by atoms with E-state index in [9.17, 15) is 15.2 Å². The van der Waals surface area contributed by atoms with Crippen molar-refractivity contribution in [3.05, 3.63) is 15.8 Å². The molecule has 3 N–H and O–H groups in total. The van der Waals surface area contributed by atoms with Crippen LogP contribution >= 0.6 is 0 Å². The number of hydrogen-bond acceptors (Lipinski definition) is 7. The summed E-state index contributed by atoms with van der Waals surface area (Å²) in [5.74, 6) is 0.221. The lowest BCUT2D eigenvalue weighted by Gasteiger charge is -2.24. The molecule has 8 nitrogen and oxygen atoms in total. The number of aromatic nitrogens is 2. The van der Waals surface area contributed by atoms with Gasteiger partial charge in [0, 0.05) is 6.54 Å². The second-order valence-corrected chi connectivity index (χ2v) is 4.27. The molecule has 1 saturated heterocycles. The van der Waals surface area contributed by atoms with Crippen LogP contribution in [0, 0.1) is 17.0 Å². The molecular formula is C10H15N5O3. The summed E-state index contributed by atoms with van der Waals surface area (Å²) < 4.78 is 0. The monoisotopic (exact) mass is 253 g/mol. The highest BCUT2D eigenvalue weighted by atomic mass is 16.6. The molecule has 18 heavy (non-hydrogen) atoms. The minimum atomic E-state index is -0.503. The molecule has 2 heterocycles. The second-order valence-electron chi connectivity index (χ2n) is 4.27. The van der Waals surface area contributed by atoms with Gasteiger partial charge in [0.05, 0.1) is 17.6 Å². The topological polar surface area (TPSA) is 118 Å². The van der Waals surface area contributed by atoms with E-state index in [2.05, 4.69) is 9.97 Å². The van der Waals surface area contributed by atoms with Gasteiger partial charge in [-0.2, -0.15) is 4.98 Å². The molecule has 1 aliphatic heterocycles. The fraction of sp³-hybridized carbons (Fsp3) is 0.600. The standard InChI is InChI=1S/C10H15N5O3/c1-6-8(15(17)18)9(13-10(11)12-6)14-4-2-3-7(14)5-16/h7,16H,2-5H2,1H3,(H2,11,12,13). The van der Waals surface area contributed by atoms with Crippen LogP contribution in [0.1, 0.15) is 18.5 Å². The van der Waals surface area contributed by atoms with Crippen LogP contribution in [0.4, 0.5) is 17.5 Å². The average molecular weight is 253 g/mol. The minimum absolute atomic E-state index is 0.0108. The highest BCUT2D eigenvalue weighted by molar-refractivity contribution is 5.63. The molecule has 98 valence electrons. The van der Waals surface area contributed by atoms with E-state index in [4.69, 9.17) is 5.73 Å². The van der Waals surface area contributed by atoms with Crippen molar-refractivity contribution >= 4 is 17.5 Å². The van der Waals surface area contributed by atoms with Crippen molar-refractivity contribution < 1.29 is 10.0 Å². The van der Waals surface area contributed by atoms with Crippen molar-refractivity contribution in [3.8, 4) is 0 Å². The number of aliphatic hydroxyl groups is 1. The Kier molecular flexibility index (Phi) is 3.28. The lowest BCUT2D eigenvalue weighted by Crippen LogP contribution is -2.33. The number of nitro groups is 1. The van der Waals surface area contributed by atoms with Crippen LogP contribution in [0.3, 0.4) is 0 Å². The Hall–Kier alpha value is -1.96. The van der Waals surface area contributed by atoms with Gasteiger partial charge in [0.1, 0.15) is 5.69 Å². The van der Waals surface area contributed by atoms with Crippen LogP contribution < -0.4 is 10.6 Å². The lowest BCUT2D eigenvalue weighted by atomic mass is 10.2. The fourth-order valence-electron chi connectivity index (χ4n) is 2.29. The van der Waals surface area contributed by atoms with E-state index in [0.29, 0.717) is 6.54 Å². The molecule has 1 atom stereocenters. The van der Waals surface area contributed by atoms with Crippen molar-refractivity contribution in [2.45, 2.75) is 25.8 Å². The molecule has 0 saturated carbocycles. The van der Waals surface area contributed by atoms with E-state index < -0.39 is 4.92 Å². The quantitative estimate of drug-likeness (QED) is 0.584. The number of nitrogens with zero attached hydrogens (tertiary/aromatic N) is 4. The van der Waals surface area contributed by atoms with E-state index >= 15 is 0 Å². The maximum atomic E-state index is 11.1. The summed E-state index contributed by atoms with van der Waals surface area (Å²) in [6.45, 7) is 2.10. The van der Waals surface area contributed by atoms with Crippen molar-refractivity contribution in [1.29, 1.82) is 0 Å². The van der Waals surface area contributed by atoms with Gasteiger partial charge in [0.2, 0.25) is 11.8 Å². The van der Waals surface area contributed by atoms with Gasteiger partial charge in [-0.1, -0.05) is 0 Å². The van der Waals surface area contributed by atoms with Gasteiger partial charge in [-0.05, 0) is 19.8 Å². The number of aryl methyl sites for hydroxylation is 1. The lowest BCUT2D eigenvalue weighted by molar-refractivity contribution is -0.385. The molecule has 0 radical (unpaired) electrons. The molecular weight excluding hydrogens is 238 g/mol. The minimum Gasteiger partial charge on any atom is -0.394 e. The first-order chi connectivity index (χ1) is 8.54. The SMILES string of the molecule is Cc1nc(N)nc(N2CCCC2CO)c1[N+](=O)[O-]. The van der Waals surface area contributed by atoms with Gasteiger partial charge in [-0.25, -0.2) is 4.98 Å². The maximum Gasteiger partial charge on any atom is 0.332 e. The zero-order valence-corrected chi connectivity index (χ0v) is 10.0. The highest BCUT2D eigenvalue weighted by Crippen LogP contribution is 2.33. The van der Waals surface area contributed by atoms with E-state index in [1.54, 1.807) is 4.90 Å². The smallest absolute Gasteiger partial charge is 0.332 e. The number of rotatable bonds is 3. The third-order valence-electron chi connectivity index (χ3n) is 3.10. The summed E-state index contributed by atoms with van der Waals surface area (Å²) in [5.41, 5.74) is 5.66. The van der Waals surface area contributed by atoms with E-state index in [1.165, 1.54) is 6.92 Å². The molecule has 0 aliphatic carbocycles. The summed E-state index contributed by atoms with van der Waals surface area (Å²) in [6.07, 6.45) is 1.65. The largest absolute Gasteiger partial charge is 0.394 e. The van der Waals surface area contributed by atoms with Crippen molar-refractivity contribution in [3.63, 3.8) is 0 Å². The van der Waals surface area contributed by atoms with Gasteiger partial charge in [0.15, 0.2) is 0 Å². The Morgan fingerprint density at radius 2 is 2.33 bits per heavy atom. The molecule has 0 spiro atoms. The first-order valence-corrected chi connectivity index (χ1v) is 5.70. The van der Waals surface area contributed by atoms with E-state index in [1.807, 2.05) is 0 Å². The van der Waals surface area contributed by atoms with Crippen LogP contribution in [0.5, 0.6) is 0 Å². The molecule has 8 heteroatoms. The van der Waals surface area contributed by atoms with Crippen LogP contribution in [0.2, 0.25) is 0 Å². The summed E-state index contributed by atoms with van der Waals surface area (Å²) in [5, 5.41) is 20.4. The summed E-state index contributed by atoms with van der Waals surface area (Å²) in [4.78, 5) is 20.1. The molecule has 1 unspecified atom stereocenters. The predicted octanol–water partition coefficient (Wildman–Crippen LogP) is 0.237. The second kappa shape index (κ2) is 4.73. The molecule has 0 aromatic carbocycles. The van der Waals surface area contributed by atoms with Gasteiger partial charge >= 0.3 is 5.69 Å². The van der Waals surface area contributed by atoms with Crippen molar-refractivity contribution in [1.82, 2.24) is 9.97 Å². The van der Waals surface area contributed by atoms with Crippen LogP contribution in [-0.4, -0.2) is 39.2 Å². The Labute approximate surface area is 104 Å². The Bertz CT molecular complexity index is 479. The zero-order valence-electron chi connectivity index (χ0n) is 10.0. The van der Waals surface area contributed by atoms with Crippen LogP contribution in [-0.2, 0) is 0 Å². The average Bonchev–Trinajstić information content (AvgIpc) is 2.74. The zero-order chi connectivity index (χ0) is 13.3. The van der Waals surface area contributed by atoms with E-state index in [-0.39, 0.29) is 35.8 Å². The Morgan fingerprint density at radius 1 is 1.61 bits per heavy atom. The molecule has 1 fully saturated rings. The van der Waals surface area contributed by atoms with Gasteiger partial charge in [0.25, 0.3) is 0 Å². The Morgan fingerprint density at radius 3 is 2.94 bits per heavy atom. The molecule has 0 bridgehead atoms. The van der Waals surface area contributed by atoms with Crippen LogP contribution in [0.25, 0.3) is 0 Å². The number of nitrogens with two attached hydrogens (primary N) is 1. The fourth-order valence-corrected chi connectivity index (χ4v) is 2.29. The molecule has 1 aromatic heterocycles. The van der Waals surface area contributed by atoms with E-state index in [0.717, 1.165) is 12.8 Å². The number of nitrogen functional groups attached to an aromatic ring is 1. The normalized spacial score (nSPS) is 19.2.